The van der Waals surface area contributed by atoms with Gasteiger partial charge in [0.1, 0.15) is 0 Å². The second-order valence-electron chi connectivity index (χ2n) is 7.92. The minimum absolute atomic E-state index is 0.231. The Morgan fingerprint density at radius 3 is 2.61 bits per heavy atom. The fourth-order valence-electron chi connectivity index (χ4n) is 4.52. The molecule has 0 saturated carbocycles. The van der Waals surface area contributed by atoms with Crippen molar-refractivity contribution in [2.45, 2.75) is 45.1 Å². The molecule has 124 valence electrons. The van der Waals surface area contributed by atoms with Crippen molar-refractivity contribution >= 4 is 10.9 Å². The average Bonchev–Trinajstić information content (AvgIpc) is 2.94. The molecule has 3 saturated heterocycles. The monoisotopic (exact) mass is 311 g/mol. The normalized spacial score (nSPS) is 28.6. The van der Waals surface area contributed by atoms with Crippen LogP contribution >= 0.6 is 0 Å². The van der Waals surface area contributed by atoms with Gasteiger partial charge in [0.2, 0.25) is 0 Å². The van der Waals surface area contributed by atoms with Gasteiger partial charge in [-0.2, -0.15) is 0 Å². The Hall–Kier alpha value is -1.32. The molecule has 2 atom stereocenters. The molecule has 3 N–H and O–H groups in total. The van der Waals surface area contributed by atoms with Crippen molar-refractivity contribution in [1.82, 2.24) is 9.88 Å². The molecule has 0 amide bonds. The van der Waals surface area contributed by atoms with Crippen molar-refractivity contribution in [2.24, 2.45) is 17.6 Å². The minimum atomic E-state index is 0.231. The van der Waals surface area contributed by atoms with E-state index in [-0.39, 0.29) is 6.04 Å². The summed E-state index contributed by atoms with van der Waals surface area (Å²) in [6.07, 6.45) is 3.70. The van der Waals surface area contributed by atoms with E-state index in [9.17, 15) is 0 Å². The van der Waals surface area contributed by atoms with Gasteiger partial charge in [0.05, 0.1) is 0 Å². The third-order valence-electron chi connectivity index (χ3n) is 6.17. The number of aromatic nitrogens is 1. The Morgan fingerprint density at radius 2 is 1.96 bits per heavy atom. The number of H-pyrrole nitrogens is 1. The number of rotatable bonds is 4. The highest BCUT2D eigenvalue weighted by atomic mass is 15.1. The second kappa shape index (κ2) is 5.95. The van der Waals surface area contributed by atoms with E-state index in [1.54, 1.807) is 0 Å². The molecule has 3 aliphatic heterocycles. The highest BCUT2D eigenvalue weighted by molar-refractivity contribution is 5.85. The van der Waals surface area contributed by atoms with Gasteiger partial charge in [0.25, 0.3) is 0 Å². The molecule has 1 aromatic carbocycles. The SMILES string of the molecule is CC(C)C(N)Cc1c(C2CN3CCC2CC3)[nH]c2ccccc12. The van der Waals surface area contributed by atoms with E-state index in [0.717, 1.165) is 12.3 Å². The molecule has 23 heavy (non-hydrogen) atoms. The van der Waals surface area contributed by atoms with Gasteiger partial charge in [-0.1, -0.05) is 32.0 Å². The van der Waals surface area contributed by atoms with Gasteiger partial charge >= 0.3 is 0 Å². The molecule has 4 heterocycles. The van der Waals surface area contributed by atoms with Crippen molar-refractivity contribution in [3.63, 3.8) is 0 Å². The summed E-state index contributed by atoms with van der Waals surface area (Å²) in [7, 11) is 0. The number of fused-ring (bicyclic) bond motifs is 4. The van der Waals surface area contributed by atoms with Crippen molar-refractivity contribution in [2.75, 3.05) is 19.6 Å². The van der Waals surface area contributed by atoms with Gasteiger partial charge in [0.15, 0.2) is 0 Å². The lowest BCUT2D eigenvalue weighted by atomic mass is 9.76. The molecular formula is C20H29N3. The lowest BCUT2D eigenvalue weighted by molar-refractivity contribution is 0.0853. The zero-order valence-electron chi connectivity index (χ0n) is 14.4. The predicted octanol–water partition coefficient (Wildman–Crippen LogP) is 3.50. The highest BCUT2D eigenvalue weighted by Crippen LogP contribution is 2.41. The number of hydrogen-bond donors (Lipinski definition) is 2. The van der Waals surface area contributed by atoms with Crippen LogP contribution in [0.4, 0.5) is 0 Å². The average molecular weight is 311 g/mol. The number of piperidine rings is 3. The molecule has 1 aromatic heterocycles. The van der Waals surface area contributed by atoms with Gasteiger partial charge in [-0.25, -0.2) is 0 Å². The highest BCUT2D eigenvalue weighted by Gasteiger charge is 2.37. The number of para-hydroxylation sites is 1. The molecular weight excluding hydrogens is 282 g/mol. The zero-order chi connectivity index (χ0) is 16.0. The van der Waals surface area contributed by atoms with E-state index >= 15 is 0 Å². The molecule has 2 unspecified atom stereocenters. The van der Waals surface area contributed by atoms with E-state index < -0.39 is 0 Å². The maximum atomic E-state index is 6.45. The van der Waals surface area contributed by atoms with Gasteiger partial charge in [0, 0.05) is 35.1 Å². The van der Waals surface area contributed by atoms with E-state index in [2.05, 4.69) is 48.0 Å². The summed E-state index contributed by atoms with van der Waals surface area (Å²) >= 11 is 0. The van der Waals surface area contributed by atoms with Crippen molar-refractivity contribution in [1.29, 1.82) is 0 Å². The van der Waals surface area contributed by atoms with Crippen LogP contribution < -0.4 is 5.73 Å². The lowest BCUT2D eigenvalue weighted by Gasteiger charge is -2.45. The smallest absolute Gasteiger partial charge is 0.0459 e. The Kier molecular flexibility index (Phi) is 3.94. The molecule has 3 heteroatoms. The molecule has 3 aliphatic rings. The Bertz CT molecular complexity index is 679. The summed E-state index contributed by atoms with van der Waals surface area (Å²) in [4.78, 5) is 6.42. The van der Waals surface area contributed by atoms with Crippen LogP contribution in [0.5, 0.6) is 0 Å². The van der Waals surface area contributed by atoms with Gasteiger partial charge in [-0.3, -0.25) is 0 Å². The van der Waals surface area contributed by atoms with E-state index in [0.29, 0.717) is 11.8 Å². The van der Waals surface area contributed by atoms with Crippen LogP contribution in [0.2, 0.25) is 0 Å². The maximum absolute atomic E-state index is 6.45. The standard InChI is InChI=1S/C20H29N3/c1-13(2)18(21)11-16-15-5-3-4-6-19(15)22-20(16)17-12-23-9-7-14(17)8-10-23/h3-6,13-14,17-18,22H,7-12,21H2,1-2H3. The number of nitrogens with zero attached hydrogens (tertiary/aromatic N) is 1. The van der Waals surface area contributed by atoms with Crippen LogP contribution in [0.15, 0.2) is 24.3 Å². The Balaban J connectivity index is 1.76. The van der Waals surface area contributed by atoms with Crippen molar-refractivity contribution in [3.8, 4) is 0 Å². The first-order chi connectivity index (χ1) is 11.1. The fourth-order valence-corrected chi connectivity index (χ4v) is 4.52. The molecule has 0 spiro atoms. The molecule has 3 nitrogen and oxygen atoms in total. The first-order valence-electron chi connectivity index (χ1n) is 9.21. The second-order valence-corrected chi connectivity index (χ2v) is 7.92. The third kappa shape index (κ3) is 2.70. The summed E-state index contributed by atoms with van der Waals surface area (Å²) in [5.41, 5.74) is 10.7. The summed E-state index contributed by atoms with van der Waals surface area (Å²) < 4.78 is 0. The van der Waals surface area contributed by atoms with Gasteiger partial charge in [-0.15, -0.1) is 0 Å². The molecule has 3 fully saturated rings. The van der Waals surface area contributed by atoms with Gasteiger partial charge < -0.3 is 15.6 Å². The molecule has 2 bridgehead atoms. The van der Waals surface area contributed by atoms with Crippen molar-refractivity contribution in [3.05, 3.63) is 35.5 Å². The summed E-state index contributed by atoms with van der Waals surface area (Å²) in [5.74, 6) is 2.03. The van der Waals surface area contributed by atoms with Crippen molar-refractivity contribution < 1.29 is 0 Å². The number of nitrogens with one attached hydrogen (secondary N) is 1. The minimum Gasteiger partial charge on any atom is -0.358 e. The van der Waals surface area contributed by atoms with Crippen LogP contribution in [0, 0.1) is 11.8 Å². The van der Waals surface area contributed by atoms with E-state index in [1.807, 2.05) is 0 Å². The predicted molar refractivity (Wildman–Crippen MR) is 96.7 cm³/mol. The number of aromatic amines is 1. The van der Waals surface area contributed by atoms with Gasteiger partial charge in [-0.05, 0) is 55.8 Å². The summed E-state index contributed by atoms with van der Waals surface area (Å²) in [6, 6.07) is 8.99. The van der Waals surface area contributed by atoms with Crippen LogP contribution in [0.25, 0.3) is 10.9 Å². The van der Waals surface area contributed by atoms with Crippen LogP contribution in [-0.4, -0.2) is 35.6 Å². The molecule has 0 radical (unpaired) electrons. The van der Waals surface area contributed by atoms with E-state index in [1.165, 1.54) is 54.6 Å². The maximum Gasteiger partial charge on any atom is 0.0459 e. The summed E-state index contributed by atoms with van der Waals surface area (Å²) in [5, 5.41) is 1.38. The van der Waals surface area contributed by atoms with E-state index in [4.69, 9.17) is 5.73 Å². The summed E-state index contributed by atoms with van der Waals surface area (Å²) in [6.45, 7) is 8.27. The lowest BCUT2D eigenvalue weighted by Crippen LogP contribution is -2.46. The largest absolute Gasteiger partial charge is 0.358 e. The van der Waals surface area contributed by atoms with Crippen LogP contribution in [0.1, 0.15) is 43.9 Å². The molecule has 0 aliphatic carbocycles. The fraction of sp³-hybridized carbons (Fsp3) is 0.600. The number of hydrogen-bond acceptors (Lipinski definition) is 2. The molecule has 5 rings (SSSR count). The first kappa shape index (κ1) is 15.2. The Morgan fingerprint density at radius 1 is 1.22 bits per heavy atom. The third-order valence-corrected chi connectivity index (χ3v) is 6.17. The van der Waals surface area contributed by atoms with Crippen LogP contribution in [-0.2, 0) is 6.42 Å². The Labute approximate surface area is 139 Å². The quantitative estimate of drug-likeness (QED) is 0.907. The molecule has 2 aromatic rings. The topological polar surface area (TPSA) is 45.0 Å². The number of nitrogens with two attached hydrogens (primary N) is 1. The van der Waals surface area contributed by atoms with Crippen LogP contribution in [0.3, 0.4) is 0 Å². The number of benzene rings is 1. The zero-order valence-corrected chi connectivity index (χ0v) is 14.4. The first-order valence-corrected chi connectivity index (χ1v) is 9.21.